The maximum atomic E-state index is 6.28. The van der Waals surface area contributed by atoms with Crippen LogP contribution in [-0.4, -0.2) is 9.97 Å². The first kappa shape index (κ1) is 24.1. The minimum Gasteiger partial charge on any atom is -0.500 e. The molecule has 4 heterocycles. The first-order valence-corrected chi connectivity index (χ1v) is 12.2. The standard InChI is InChI=1S/C20H12NOS.C11H8N.Ir/c1-12-5-7-17(21-11-12)15-4-2-3-13-14-6-8-18-16(9-10-23-18)20(14)22-19(13)15;1-2-6-10(7-3-1)11-8-4-5-9-12-11;/h2-3,5-11H,1H3;1-6,8-9H;/q2*-1;. The topological polar surface area (TPSA) is 38.9 Å². The monoisotopic (exact) mass is 661 g/mol. The van der Waals surface area contributed by atoms with Crippen LogP contribution in [0.3, 0.4) is 0 Å². The van der Waals surface area contributed by atoms with Gasteiger partial charge in [0, 0.05) is 48.0 Å². The van der Waals surface area contributed by atoms with E-state index in [-0.39, 0.29) is 20.1 Å². The zero-order chi connectivity index (χ0) is 23.6. The third kappa shape index (κ3) is 4.61. The maximum absolute atomic E-state index is 6.28. The molecular formula is C31H20IrN2OS-2. The number of benzene rings is 3. The first-order chi connectivity index (χ1) is 17.3. The molecule has 0 N–H and O–H groups in total. The van der Waals surface area contributed by atoms with Crippen LogP contribution in [0.4, 0.5) is 0 Å². The van der Waals surface area contributed by atoms with Crippen LogP contribution in [0.25, 0.3) is 54.5 Å². The third-order valence-corrected chi connectivity index (χ3v) is 6.73. The molecule has 5 heteroatoms. The van der Waals surface area contributed by atoms with Crippen molar-refractivity contribution in [3.8, 4) is 22.5 Å². The molecule has 7 aromatic rings. The van der Waals surface area contributed by atoms with Crippen LogP contribution in [0.15, 0.2) is 107 Å². The van der Waals surface area contributed by atoms with Crippen LogP contribution in [-0.2, 0) is 20.1 Å². The predicted molar refractivity (Wildman–Crippen MR) is 144 cm³/mol. The Labute approximate surface area is 226 Å². The Kier molecular flexibility index (Phi) is 7.06. The third-order valence-electron chi connectivity index (χ3n) is 5.85. The van der Waals surface area contributed by atoms with E-state index in [1.165, 1.54) is 10.1 Å². The van der Waals surface area contributed by atoms with Crippen LogP contribution in [0.1, 0.15) is 5.56 Å². The SMILES string of the molecule is Cc1ccc(-c2[c-]ccc3c2oc2c4ccsc4ccc32)nc1.[Ir].[c-]1ccccc1-c1ccccn1. The first-order valence-electron chi connectivity index (χ1n) is 11.3. The molecule has 3 nitrogen and oxygen atoms in total. The number of pyridine rings is 2. The molecular weight excluding hydrogens is 641 g/mol. The van der Waals surface area contributed by atoms with Gasteiger partial charge in [0.05, 0.1) is 5.58 Å². The molecule has 0 aliphatic rings. The number of nitrogens with zero attached hydrogens (tertiary/aromatic N) is 2. The zero-order valence-corrected chi connectivity index (χ0v) is 22.6. The zero-order valence-electron chi connectivity index (χ0n) is 19.4. The van der Waals surface area contributed by atoms with Crippen LogP contribution < -0.4 is 0 Å². The number of thiophene rings is 1. The van der Waals surface area contributed by atoms with Gasteiger partial charge in [-0.2, -0.15) is 0 Å². The van der Waals surface area contributed by atoms with Crippen molar-refractivity contribution in [3.63, 3.8) is 0 Å². The van der Waals surface area contributed by atoms with E-state index in [0.29, 0.717) is 0 Å². The molecule has 7 rings (SSSR count). The average Bonchev–Trinajstić information content (AvgIpc) is 3.55. The second-order valence-corrected chi connectivity index (χ2v) is 9.13. The van der Waals surface area contributed by atoms with Crippen molar-refractivity contribution in [2.24, 2.45) is 0 Å². The van der Waals surface area contributed by atoms with Crippen LogP contribution in [0.5, 0.6) is 0 Å². The van der Waals surface area contributed by atoms with Gasteiger partial charge in [-0.1, -0.05) is 41.3 Å². The van der Waals surface area contributed by atoms with Crippen molar-refractivity contribution in [2.45, 2.75) is 6.92 Å². The summed E-state index contributed by atoms with van der Waals surface area (Å²) >= 11 is 1.73. The minimum atomic E-state index is 0. The quantitative estimate of drug-likeness (QED) is 0.175. The smallest absolute Gasteiger partial charge is 0.129 e. The number of fused-ring (bicyclic) bond motifs is 5. The van der Waals surface area contributed by atoms with Gasteiger partial charge in [-0.3, -0.25) is 0 Å². The van der Waals surface area contributed by atoms with Gasteiger partial charge in [0.25, 0.3) is 0 Å². The van der Waals surface area contributed by atoms with Crippen LogP contribution in [0.2, 0.25) is 0 Å². The van der Waals surface area contributed by atoms with E-state index < -0.39 is 0 Å². The molecule has 1 radical (unpaired) electrons. The molecule has 4 aromatic heterocycles. The van der Waals surface area contributed by atoms with E-state index in [1.807, 2.05) is 67.7 Å². The summed E-state index contributed by atoms with van der Waals surface area (Å²) in [6, 6.07) is 34.6. The van der Waals surface area contributed by atoms with E-state index in [9.17, 15) is 0 Å². The number of rotatable bonds is 2. The summed E-state index contributed by atoms with van der Waals surface area (Å²) in [6.45, 7) is 2.04. The number of hydrogen-bond acceptors (Lipinski definition) is 4. The Morgan fingerprint density at radius 3 is 2.39 bits per heavy atom. The Morgan fingerprint density at radius 1 is 0.722 bits per heavy atom. The predicted octanol–water partition coefficient (Wildman–Crippen LogP) is 8.52. The fourth-order valence-corrected chi connectivity index (χ4v) is 4.91. The van der Waals surface area contributed by atoms with Crippen molar-refractivity contribution >= 4 is 43.4 Å². The molecule has 0 fully saturated rings. The summed E-state index contributed by atoms with van der Waals surface area (Å²) in [5.41, 5.74) is 6.77. The summed E-state index contributed by atoms with van der Waals surface area (Å²) in [6.07, 6.45) is 3.66. The fourth-order valence-electron chi connectivity index (χ4n) is 4.12. The molecule has 0 aliphatic heterocycles. The van der Waals surface area contributed by atoms with Gasteiger partial charge < -0.3 is 14.4 Å². The van der Waals surface area contributed by atoms with Gasteiger partial charge in [0.1, 0.15) is 5.58 Å². The van der Waals surface area contributed by atoms with Crippen molar-refractivity contribution < 1.29 is 24.5 Å². The van der Waals surface area contributed by atoms with E-state index in [1.54, 1.807) is 17.5 Å². The Morgan fingerprint density at radius 2 is 1.61 bits per heavy atom. The number of furan rings is 1. The van der Waals surface area contributed by atoms with Gasteiger partial charge in [-0.05, 0) is 47.5 Å². The molecule has 0 spiro atoms. The molecule has 177 valence electrons. The van der Waals surface area contributed by atoms with Crippen molar-refractivity contribution in [2.75, 3.05) is 0 Å². The van der Waals surface area contributed by atoms with Crippen LogP contribution >= 0.6 is 11.3 Å². The largest absolute Gasteiger partial charge is 0.500 e. The Hall–Kier alpha value is -3.63. The maximum Gasteiger partial charge on any atom is 0.129 e. The second kappa shape index (κ2) is 10.5. The Bertz CT molecular complexity index is 1700. The summed E-state index contributed by atoms with van der Waals surface area (Å²) in [7, 11) is 0. The van der Waals surface area contributed by atoms with E-state index in [2.05, 4.69) is 57.8 Å². The normalized spacial score (nSPS) is 10.7. The fraction of sp³-hybridized carbons (Fsp3) is 0.0323. The Balaban J connectivity index is 0.000000175. The molecule has 0 bridgehead atoms. The van der Waals surface area contributed by atoms with Gasteiger partial charge in [0.15, 0.2) is 0 Å². The molecule has 0 amide bonds. The molecule has 0 saturated carbocycles. The summed E-state index contributed by atoms with van der Waals surface area (Å²) < 4.78 is 7.52. The second-order valence-electron chi connectivity index (χ2n) is 8.18. The van der Waals surface area contributed by atoms with E-state index in [0.717, 1.165) is 50.0 Å². The van der Waals surface area contributed by atoms with Crippen molar-refractivity contribution in [1.82, 2.24) is 9.97 Å². The van der Waals surface area contributed by atoms with Gasteiger partial charge in [-0.15, -0.1) is 65.4 Å². The minimum absolute atomic E-state index is 0. The van der Waals surface area contributed by atoms with Crippen molar-refractivity contribution in [3.05, 3.63) is 120 Å². The van der Waals surface area contributed by atoms with Gasteiger partial charge in [0.2, 0.25) is 0 Å². The number of aromatic nitrogens is 2. The molecule has 0 unspecified atom stereocenters. The van der Waals surface area contributed by atoms with Gasteiger partial charge in [-0.25, -0.2) is 0 Å². The molecule has 36 heavy (non-hydrogen) atoms. The summed E-state index contributed by atoms with van der Waals surface area (Å²) in [5, 5.41) is 5.54. The van der Waals surface area contributed by atoms with E-state index >= 15 is 0 Å². The summed E-state index contributed by atoms with van der Waals surface area (Å²) in [5.74, 6) is 0. The van der Waals surface area contributed by atoms with Crippen molar-refractivity contribution in [1.29, 1.82) is 0 Å². The number of aryl methyl sites for hydroxylation is 1. The molecule has 3 aromatic carbocycles. The van der Waals surface area contributed by atoms with Crippen LogP contribution in [0, 0.1) is 19.1 Å². The summed E-state index contributed by atoms with van der Waals surface area (Å²) in [4.78, 5) is 8.75. The average molecular weight is 661 g/mol. The molecule has 0 saturated heterocycles. The van der Waals surface area contributed by atoms with E-state index in [4.69, 9.17) is 4.42 Å². The number of hydrogen-bond donors (Lipinski definition) is 0. The van der Waals surface area contributed by atoms with Gasteiger partial charge >= 0.3 is 0 Å². The molecule has 0 aliphatic carbocycles. The molecule has 0 atom stereocenters.